The van der Waals surface area contributed by atoms with Crippen LogP contribution in [-0.2, 0) is 4.79 Å². The molecule has 1 aliphatic rings. The van der Waals surface area contributed by atoms with Crippen LogP contribution in [0.15, 0.2) is 59.7 Å². The van der Waals surface area contributed by atoms with Gasteiger partial charge >= 0.3 is 0 Å². The Bertz CT molecular complexity index is 827. The van der Waals surface area contributed by atoms with Crippen molar-refractivity contribution in [1.29, 1.82) is 0 Å². The van der Waals surface area contributed by atoms with Crippen molar-refractivity contribution in [3.8, 4) is 11.5 Å². The van der Waals surface area contributed by atoms with Crippen molar-refractivity contribution in [2.24, 2.45) is 0 Å². The number of hydrogen-bond donors (Lipinski definition) is 0. The highest BCUT2D eigenvalue weighted by Crippen LogP contribution is 2.29. The van der Waals surface area contributed by atoms with Crippen LogP contribution < -0.4 is 9.47 Å². The predicted molar refractivity (Wildman–Crippen MR) is 110 cm³/mol. The van der Waals surface area contributed by atoms with Gasteiger partial charge < -0.3 is 9.47 Å². The molecule has 0 atom stereocenters. The number of carbonyl (C=O) groups excluding carboxylic acids is 1. The first-order valence-electron chi connectivity index (χ1n) is 9.57. The molecule has 0 bridgehead atoms. The summed E-state index contributed by atoms with van der Waals surface area (Å²) < 4.78 is 10.9. The molecule has 1 saturated carbocycles. The number of Topliss-reactive ketones (excluding diaryl/α,β-unsaturated/α-hetero) is 1. The zero-order valence-corrected chi connectivity index (χ0v) is 16.0. The molecule has 27 heavy (non-hydrogen) atoms. The van der Waals surface area contributed by atoms with Crippen molar-refractivity contribution >= 4 is 17.9 Å². The maximum Gasteiger partial charge on any atom is 0.162 e. The van der Waals surface area contributed by atoms with Crippen molar-refractivity contribution < 1.29 is 14.3 Å². The third kappa shape index (κ3) is 5.33. The van der Waals surface area contributed by atoms with Crippen molar-refractivity contribution in [3.63, 3.8) is 0 Å². The second-order valence-electron chi connectivity index (χ2n) is 6.58. The first-order chi connectivity index (χ1) is 13.2. The lowest BCUT2D eigenvalue weighted by Gasteiger charge is -2.17. The number of allylic oxidation sites excluding steroid dienone is 2. The van der Waals surface area contributed by atoms with Crippen LogP contribution in [0.5, 0.6) is 11.5 Å². The van der Waals surface area contributed by atoms with E-state index in [-0.39, 0.29) is 5.78 Å². The largest absolute Gasteiger partial charge is 0.494 e. The Balaban J connectivity index is 1.65. The van der Waals surface area contributed by atoms with E-state index in [1.165, 1.54) is 5.57 Å². The molecule has 0 amide bonds. The first kappa shape index (κ1) is 19.0. The van der Waals surface area contributed by atoms with Crippen LogP contribution in [0.4, 0.5) is 0 Å². The van der Waals surface area contributed by atoms with Gasteiger partial charge in [0.05, 0.1) is 13.2 Å². The van der Waals surface area contributed by atoms with Gasteiger partial charge in [-0.05, 0) is 73.7 Å². The van der Waals surface area contributed by atoms with E-state index in [1.807, 2.05) is 68.5 Å². The number of benzene rings is 2. The molecule has 0 spiro atoms. The summed E-state index contributed by atoms with van der Waals surface area (Å²) in [5.41, 5.74) is 4.25. The molecule has 3 nitrogen and oxygen atoms in total. The summed E-state index contributed by atoms with van der Waals surface area (Å²) in [4.78, 5) is 12.6. The fourth-order valence-electron chi connectivity index (χ4n) is 3.21. The fraction of sp³-hybridized carbons (Fsp3) is 0.292. The Morgan fingerprint density at radius 1 is 0.778 bits per heavy atom. The van der Waals surface area contributed by atoms with Crippen LogP contribution in [-0.4, -0.2) is 19.0 Å². The molecule has 0 saturated heterocycles. The summed E-state index contributed by atoms with van der Waals surface area (Å²) in [6, 6.07) is 15.9. The molecule has 0 aliphatic heterocycles. The lowest BCUT2D eigenvalue weighted by atomic mass is 9.87. The minimum Gasteiger partial charge on any atom is -0.494 e. The smallest absolute Gasteiger partial charge is 0.162 e. The van der Waals surface area contributed by atoms with Gasteiger partial charge in [0.2, 0.25) is 0 Å². The molecule has 0 unspecified atom stereocenters. The maximum atomic E-state index is 12.6. The third-order valence-corrected chi connectivity index (χ3v) is 4.56. The molecular formula is C24H26O3. The number of hydrogen-bond acceptors (Lipinski definition) is 3. The van der Waals surface area contributed by atoms with E-state index in [0.717, 1.165) is 41.0 Å². The molecule has 3 rings (SSSR count). The molecule has 140 valence electrons. The van der Waals surface area contributed by atoms with Crippen LogP contribution in [0.1, 0.15) is 44.2 Å². The lowest BCUT2D eigenvalue weighted by Crippen LogP contribution is -2.10. The molecule has 0 heterocycles. The quantitative estimate of drug-likeness (QED) is 0.618. The summed E-state index contributed by atoms with van der Waals surface area (Å²) in [6.07, 6.45) is 6.33. The van der Waals surface area contributed by atoms with Crippen LogP contribution in [0.25, 0.3) is 12.2 Å². The Hall–Kier alpha value is -2.81. The van der Waals surface area contributed by atoms with Crippen molar-refractivity contribution in [2.75, 3.05) is 13.2 Å². The molecule has 2 aromatic rings. The highest BCUT2D eigenvalue weighted by molar-refractivity contribution is 6.02. The van der Waals surface area contributed by atoms with Crippen molar-refractivity contribution in [2.45, 2.75) is 33.1 Å². The van der Waals surface area contributed by atoms with E-state index in [1.54, 1.807) is 0 Å². The lowest BCUT2D eigenvalue weighted by molar-refractivity contribution is -0.115. The average Bonchev–Trinajstić information content (AvgIpc) is 2.67. The normalized spacial score (nSPS) is 17.3. The van der Waals surface area contributed by atoms with Gasteiger partial charge in [-0.3, -0.25) is 4.79 Å². The highest BCUT2D eigenvalue weighted by Gasteiger charge is 2.18. The zero-order valence-electron chi connectivity index (χ0n) is 16.0. The van der Waals surface area contributed by atoms with Gasteiger partial charge in [-0.25, -0.2) is 0 Å². The minimum atomic E-state index is 0.215. The Kier molecular flexibility index (Phi) is 6.48. The van der Waals surface area contributed by atoms with Crippen LogP contribution >= 0.6 is 0 Å². The van der Waals surface area contributed by atoms with Gasteiger partial charge in [-0.2, -0.15) is 0 Å². The van der Waals surface area contributed by atoms with E-state index in [9.17, 15) is 4.79 Å². The Labute approximate surface area is 161 Å². The Morgan fingerprint density at radius 2 is 1.30 bits per heavy atom. The van der Waals surface area contributed by atoms with E-state index >= 15 is 0 Å². The second-order valence-corrected chi connectivity index (χ2v) is 6.58. The predicted octanol–water partition coefficient (Wildman–Crippen LogP) is 5.70. The average molecular weight is 362 g/mol. The van der Waals surface area contributed by atoms with Gasteiger partial charge in [-0.1, -0.05) is 35.9 Å². The topological polar surface area (TPSA) is 35.5 Å². The number of ketones is 1. The van der Waals surface area contributed by atoms with Gasteiger partial charge in [0.25, 0.3) is 0 Å². The van der Waals surface area contributed by atoms with Gasteiger partial charge in [0.1, 0.15) is 11.5 Å². The summed E-state index contributed by atoms with van der Waals surface area (Å²) in [5.74, 6) is 1.95. The van der Waals surface area contributed by atoms with Crippen LogP contribution in [0.3, 0.4) is 0 Å². The minimum absolute atomic E-state index is 0.215. The molecule has 3 heteroatoms. The number of ether oxygens (including phenoxy) is 2. The van der Waals surface area contributed by atoms with Gasteiger partial charge in [0, 0.05) is 6.42 Å². The monoisotopic (exact) mass is 362 g/mol. The number of rotatable bonds is 6. The molecule has 0 aromatic heterocycles. The van der Waals surface area contributed by atoms with Gasteiger partial charge in [-0.15, -0.1) is 0 Å². The number of carbonyl (C=O) groups is 1. The van der Waals surface area contributed by atoms with Gasteiger partial charge in [0.15, 0.2) is 5.78 Å². The van der Waals surface area contributed by atoms with Crippen molar-refractivity contribution in [1.82, 2.24) is 0 Å². The van der Waals surface area contributed by atoms with Crippen LogP contribution in [0.2, 0.25) is 0 Å². The second kappa shape index (κ2) is 9.22. The molecule has 2 aromatic carbocycles. The molecule has 0 radical (unpaired) electrons. The molecule has 1 fully saturated rings. The highest BCUT2D eigenvalue weighted by atomic mass is 16.5. The molecule has 1 aliphatic carbocycles. The standard InChI is InChI=1S/C24H26O3/c1-3-26-22-11-6-18(7-12-22)15-20-5-10-21(24(25)17-20)16-19-8-13-23(14-9-19)27-4-2/h6-9,11-16H,3-5,10,17H2,1-2H3. The Morgan fingerprint density at radius 3 is 1.78 bits per heavy atom. The molecule has 0 N–H and O–H groups in total. The maximum absolute atomic E-state index is 12.6. The zero-order chi connectivity index (χ0) is 19.1. The third-order valence-electron chi connectivity index (χ3n) is 4.56. The summed E-state index contributed by atoms with van der Waals surface area (Å²) in [6.45, 7) is 5.26. The van der Waals surface area contributed by atoms with E-state index < -0.39 is 0 Å². The molecular weight excluding hydrogens is 336 g/mol. The fourth-order valence-corrected chi connectivity index (χ4v) is 3.21. The first-order valence-corrected chi connectivity index (χ1v) is 9.57. The van der Waals surface area contributed by atoms with E-state index in [4.69, 9.17) is 9.47 Å². The van der Waals surface area contributed by atoms with Crippen molar-refractivity contribution in [3.05, 3.63) is 70.8 Å². The summed E-state index contributed by atoms with van der Waals surface area (Å²) in [5, 5.41) is 0. The SMILES string of the molecule is CCOc1ccc(C=C2CCC(=Cc3ccc(OCC)cc3)C(=O)C2)cc1. The summed E-state index contributed by atoms with van der Waals surface area (Å²) in [7, 11) is 0. The van der Waals surface area contributed by atoms with E-state index in [0.29, 0.717) is 19.6 Å². The van der Waals surface area contributed by atoms with E-state index in [2.05, 4.69) is 6.08 Å². The van der Waals surface area contributed by atoms with Crippen LogP contribution in [0, 0.1) is 0 Å². The summed E-state index contributed by atoms with van der Waals surface area (Å²) >= 11 is 0.